The van der Waals surface area contributed by atoms with Crippen LogP contribution in [0.5, 0.6) is 0 Å². The first-order valence-corrected chi connectivity index (χ1v) is 7.24. The van der Waals surface area contributed by atoms with E-state index < -0.39 is 0 Å². The van der Waals surface area contributed by atoms with Gasteiger partial charge in [0.1, 0.15) is 5.56 Å². The summed E-state index contributed by atoms with van der Waals surface area (Å²) < 4.78 is 0. The Bertz CT molecular complexity index is 1130. The Labute approximate surface area is 123 Å². The summed E-state index contributed by atoms with van der Waals surface area (Å²) in [6.07, 6.45) is 0. The Morgan fingerprint density at radius 3 is 2.19 bits per heavy atom. The predicted molar refractivity (Wildman–Crippen MR) is 92.1 cm³/mol. The van der Waals surface area contributed by atoms with Crippen molar-refractivity contribution in [1.29, 1.82) is 0 Å². The van der Waals surface area contributed by atoms with Gasteiger partial charge < -0.3 is 0 Å². The maximum absolute atomic E-state index is 4.28. The molecule has 0 saturated heterocycles. The second kappa shape index (κ2) is 3.67. The number of hydrogen-bond acceptors (Lipinski definition) is 0. The van der Waals surface area contributed by atoms with Gasteiger partial charge >= 0.3 is 0 Å². The second-order valence-electron chi connectivity index (χ2n) is 5.75. The number of benzene rings is 5. The maximum atomic E-state index is 4.28. The van der Waals surface area contributed by atoms with Crippen LogP contribution in [0.2, 0.25) is 0 Å². The predicted octanol–water partition coefficient (Wildman–Crippen LogP) is 5.92. The summed E-state index contributed by atoms with van der Waals surface area (Å²) in [7, 11) is 0. The zero-order valence-electron chi connectivity index (χ0n) is 11.6. The van der Waals surface area contributed by atoms with E-state index in [2.05, 4.69) is 73.7 Å². The number of fused-ring (bicyclic) bond motifs is 2. The molecule has 5 aromatic rings. The molecule has 0 aliphatic heterocycles. The Kier molecular flexibility index (Phi) is 1.92. The third-order valence-corrected chi connectivity index (χ3v) is 4.57. The molecule has 0 aliphatic rings. The lowest BCUT2D eigenvalue weighted by molar-refractivity contribution is 1.73. The second-order valence-corrected chi connectivity index (χ2v) is 5.75. The van der Waals surface area contributed by atoms with Crippen molar-refractivity contribution in [1.82, 2.24) is 0 Å². The molecular formula is C21H13+. The van der Waals surface area contributed by atoms with Gasteiger partial charge in [-0.15, -0.1) is 0 Å². The molecule has 0 atom stereocenters. The minimum Gasteiger partial charge on any atom is -0.0616 e. The number of rotatable bonds is 0. The molecule has 0 bridgehead atoms. The third kappa shape index (κ3) is 1.32. The Hall–Kier alpha value is -2.73. The summed E-state index contributed by atoms with van der Waals surface area (Å²) in [6.45, 7) is 4.28. The van der Waals surface area contributed by atoms with Crippen molar-refractivity contribution in [2.75, 3.05) is 0 Å². The van der Waals surface area contributed by atoms with E-state index >= 15 is 0 Å². The van der Waals surface area contributed by atoms with Crippen LogP contribution < -0.4 is 0 Å². The van der Waals surface area contributed by atoms with Crippen LogP contribution in [0, 0.1) is 6.92 Å². The molecule has 96 valence electrons. The third-order valence-electron chi connectivity index (χ3n) is 4.57. The van der Waals surface area contributed by atoms with Crippen molar-refractivity contribution in [3.05, 3.63) is 79.2 Å². The highest BCUT2D eigenvalue weighted by Crippen LogP contribution is 2.39. The van der Waals surface area contributed by atoms with Crippen LogP contribution in [0.25, 0.3) is 43.1 Å². The minimum absolute atomic E-state index is 1.11. The lowest BCUT2D eigenvalue weighted by atomic mass is 9.89. The van der Waals surface area contributed by atoms with Gasteiger partial charge in [-0.2, -0.15) is 0 Å². The van der Waals surface area contributed by atoms with Gasteiger partial charge in [0, 0.05) is 29.1 Å². The summed E-state index contributed by atoms with van der Waals surface area (Å²) in [5, 5.41) is 10.5. The van der Waals surface area contributed by atoms with E-state index in [1.807, 2.05) is 0 Å². The summed E-state index contributed by atoms with van der Waals surface area (Å²) in [4.78, 5) is 0. The highest BCUT2D eigenvalue weighted by molar-refractivity contribution is 6.29. The average Bonchev–Trinajstić information content (AvgIpc) is 2.53. The average molecular weight is 265 g/mol. The van der Waals surface area contributed by atoms with Crippen molar-refractivity contribution >= 4 is 43.1 Å². The van der Waals surface area contributed by atoms with E-state index in [1.165, 1.54) is 43.1 Å². The van der Waals surface area contributed by atoms with E-state index in [0.29, 0.717) is 0 Å². The molecule has 0 amide bonds. The van der Waals surface area contributed by atoms with Crippen molar-refractivity contribution in [2.45, 2.75) is 0 Å². The molecule has 0 spiro atoms. The molecular weight excluding hydrogens is 252 g/mol. The van der Waals surface area contributed by atoms with Crippen LogP contribution in [0.15, 0.2) is 66.7 Å². The van der Waals surface area contributed by atoms with Crippen LogP contribution in [0.3, 0.4) is 0 Å². The summed E-state index contributed by atoms with van der Waals surface area (Å²) >= 11 is 0. The Morgan fingerprint density at radius 2 is 1.24 bits per heavy atom. The molecule has 5 rings (SSSR count). The van der Waals surface area contributed by atoms with Crippen LogP contribution in [0.4, 0.5) is 0 Å². The fraction of sp³-hybridized carbons (Fsp3) is 0. The molecule has 5 aromatic carbocycles. The zero-order valence-corrected chi connectivity index (χ0v) is 11.6. The van der Waals surface area contributed by atoms with E-state index in [9.17, 15) is 0 Å². The fourth-order valence-corrected chi connectivity index (χ4v) is 3.65. The van der Waals surface area contributed by atoms with Crippen molar-refractivity contribution in [3.63, 3.8) is 0 Å². The first kappa shape index (κ1) is 11.0. The Morgan fingerprint density at radius 1 is 0.524 bits per heavy atom. The minimum atomic E-state index is 1.11. The smallest absolute Gasteiger partial charge is 0.0616 e. The van der Waals surface area contributed by atoms with Crippen molar-refractivity contribution < 1.29 is 0 Å². The topological polar surface area (TPSA) is 0 Å². The largest absolute Gasteiger partial charge is 0.135 e. The Balaban J connectivity index is 2.25. The molecule has 0 saturated carbocycles. The molecule has 21 heavy (non-hydrogen) atoms. The number of hydrogen-bond donors (Lipinski definition) is 0. The van der Waals surface area contributed by atoms with Crippen LogP contribution in [-0.4, -0.2) is 0 Å². The molecule has 0 radical (unpaired) electrons. The monoisotopic (exact) mass is 265 g/mol. The highest BCUT2D eigenvalue weighted by atomic mass is 14.1. The lowest BCUT2D eigenvalue weighted by Crippen LogP contribution is -1.88. The quantitative estimate of drug-likeness (QED) is 0.185. The summed E-state index contributed by atoms with van der Waals surface area (Å²) in [5.41, 5.74) is 1.11. The highest BCUT2D eigenvalue weighted by Gasteiger charge is 2.17. The van der Waals surface area contributed by atoms with Crippen LogP contribution >= 0.6 is 0 Å². The molecule has 0 aromatic heterocycles. The van der Waals surface area contributed by atoms with E-state index in [-0.39, 0.29) is 0 Å². The fourth-order valence-electron chi connectivity index (χ4n) is 3.65. The van der Waals surface area contributed by atoms with Crippen LogP contribution in [-0.2, 0) is 0 Å². The van der Waals surface area contributed by atoms with Gasteiger partial charge in [0.2, 0.25) is 0 Å². The summed E-state index contributed by atoms with van der Waals surface area (Å²) in [5.74, 6) is 0. The van der Waals surface area contributed by atoms with E-state index in [1.54, 1.807) is 0 Å². The molecule has 0 heteroatoms. The molecule has 0 unspecified atom stereocenters. The van der Waals surface area contributed by atoms with Gasteiger partial charge in [-0.05, 0) is 28.3 Å². The molecule has 0 N–H and O–H groups in total. The van der Waals surface area contributed by atoms with E-state index in [4.69, 9.17) is 0 Å². The molecule has 0 aliphatic carbocycles. The van der Waals surface area contributed by atoms with Gasteiger partial charge in [-0.25, -0.2) is 0 Å². The maximum Gasteiger partial charge on any atom is 0.135 e. The van der Waals surface area contributed by atoms with Gasteiger partial charge in [0.25, 0.3) is 0 Å². The molecule has 0 fully saturated rings. The standard InChI is InChI=1S/C21H13/c1-13-11-19-18-7-3-2-5-15(18)12-16-10-9-14-6-4-8-17(13)20(14)21(16)19/h2-12H,1H2/q+1. The van der Waals surface area contributed by atoms with Gasteiger partial charge in [-0.3, -0.25) is 0 Å². The lowest BCUT2D eigenvalue weighted by Gasteiger charge is -2.10. The normalized spacial score (nSPS) is 12.0. The van der Waals surface area contributed by atoms with Gasteiger partial charge in [0.15, 0.2) is 0 Å². The molecule has 0 heterocycles. The van der Waals surface area contributed by atoms with Crippen molar-refractivity contribution in [3.8, 4) is 0 Å². The van der Waals surface area contributed by atoms with Gasteiger partial charge in [-0.1, -0.05) is 42.5 Å². The first-order valence-electron chi connectivity index (χ1n) is 7.24. The van der Waals surface area contributed by atoms with Crippen molar-refractivity contribution in [2.24, 2.45) is 0 Å². The summed E-state index contributed by atoms with van der Waals surface area (Å²) in [6, 6.07) is 24.1. The zero-order chi connectivity index (χ0) is 14.0. The van der Waals surface area contributed by atoms with Gasteiger partial charge in [0.05, 0.1) is 16.8 Å². The molecule has 0 nitrogen and oxygen atoms in total. The SMILES string of the molecule is [CH2+]c1cc2c3ccccc3cc3ccc4cccc1c4c32. The van der Waals surface area contributed by atoms with Crippen LogP contribution in [0.1, 0.15) is 5.56 Å². The first-order chi connectivity index (χ1) is 10.3. The van der Waals surface area contributed by atoms with E-state index in [0.717, 1.165) is 5.56 Å².